The highest BCUT2D eigenvalue weighted by atomic mass is 16.2. The van der Waals surface area contributed by atoms with Gasteiger partial charge in [-0.25, -0.2) is 4.79 Å². The Labute approximate surface area is 88.9 Å². The van der Waals surface area contributed by atoms with Crippen molar-refractivity contribution in [1.29, 1.82) is 0 Å². The first-order valence-electron chi connectivity index (χ1n) is 4.54. The topological polar surface area (TPSA) is 67.2 Å². The second-order valence-electron chi connectivity index (χ2n) is 2.79. The van der Waals surface area contributed by atoms with Crippen molar-refractivity contribution in [2.45, 2.75) is 0 Å². The van der Waals surface area contributed by atoms with Crippen molar-refractivity contribution in [3.05, 3.63) is 29.8 Å². The SMILES string of the molecule is CNC(=O)Nc1cccc(C#CCN)c1. The third-order valence-corrected chi connectivity index (χ3v) is 1.68. The van der Waals surface area contributed by atoms with Crippen LogP contribution in [0.4, 0.5) is 10.5 Å². The van der Waals surface area contributed by atoms with Gasteiger partial charge >= 0.3 is 6.03 Å². The van der Waals surface area contributed by atoms with Gasteiger partial charge in [-0.15, -0.1) is 0 Å². The predicted octanol–water partition coefficient (Wildman–Crippen LogP) is 0.748. The lowest BCUT2D eigenvalue weighted by molar-refractivity contribution is 0.254. The molecule has 0 aliphatic heterocycles. The lowest BCUT2D eigenvalue weighted by Crippen LogP contribution is -2.24. The number of nitrogens with two attached hydrogens (primary N) is 1. The molecule has 15 heavy (non-hydrogen) atoms. The van der Waals surface area contributed by atoms with Crippen molar-refractivity contribution in [2.24, 2.45) is 5.73 Å². The van der Waals surface area contributed by atoms with E-state index in [2.05, 4.69) is 22.5 Å². The van der Waals surface area contributed by atoms with Crippen LogP contribution in [0, 0.1) is 11.8 Å². The van der Waals surface area contributed by atoms with E-state index in [9.17, 15) is 4.79 Å². The fourth-order valence-corrected chi connectivity index (χ4v) is 1.02. The number of hydrogen-bond donors (Lipinski definition) is 3. The lowest BCUT2D eigenvalue weighted by atomic mass is 10.2. The van der Waals surface area contributed by atoms with Crippen LogP contribution in [0.25, 0.3) is 0 Å². The molecule has 0 fully saturated rings. The van der Waals surface area contributed by atoms with Gasteiger partial charge in [0.05, 0.1) is 6.54 Å². The molecule has 78 valence electrons. The molecule has 0 atom stereocenters. The Kier molecular flexibility index (Phi) is 4.20. The fraction of sp³-hybridized carbons (Fsp3) is 0.182. The number of rotatable bonds is 1. The second kappa shape index (κ2) is 5.68. The minimum absolute atomic E-state index is 0.251. The van der Waals surface area contributed by atoms with E-state index >= 15 is 0 Å². The van der Waals surface area contributed by atoms with Crippen LogP contribution >= 0.6 is 0 Å². The van der Waals surface area contributed by atoms with Crippen LogP contribution in [0.1, 0.15) is 5.56 Å². The number of amides is 2. The number of carbonyl (C=O) groups excluding carboxylic acids is 1. The number of nitrogens with one attached hydrogen (secondary N) is 2. The van der Waals surface area contributed by atoms with Gasteiger partial charge in [0.25, 0.3) is 0 Å². The summed E-state index contributed by atoms with van der Waals surface area (Å²) in [5.74, 6) is 5.64. The number of benzene rings is 1. The highest BCUT2D eigenvalue weighted by Crippen LogP contribution is 2.09. The van der Waals surface area contributed by atoms with Crippen LogP contribution in [-0.2, 0) is 0 Å². The van der Waals surface area contributed by atoms with Gasteiger partial charge in [-0.05, 0) is 18.2 Å². The van der Waals surface area contributed by atoms with Crippen molar-refractivity contribution in [2.75, 3.05) is 18.9 Å². The summed E-state index contributed by atoms with van der Waals surface area (Å²) in [6, 6.07) is 7.02. The maximum Gasteiger partial charge on any atom is 0.318 e. The predicted molar refractivity (Wildman–Crippen MR) is 60.5 cm³/mol. The Bertz CT molecular complexity index is 404. The average molecular weight is 203 g/mol. The third-order valence-electron chi connectivity index (χ3n) is 1.68. The number of carbonyl (C=O) groups is 1. The maximum absolute atomic E-state index is 11.0. The van der Waals surface area contributed by atoms with Crippen LogP contribution in [0.2, 0.25) is 0 Å². The molecule has 0 spiro atoms. The van der Waals surface area contributed by atoms with E-state index in [1.807, 2.05) is 12.1 Å². The first kappa shape index (κ1) is 11.1. The summed E-state index contributed by atoms with van der Waals surface area (Å²) in [7, 11) is 1.56. The monoisotopic (exact) mass is 203 g/mol. The Hall–Kier alpha value is -1.99. The van der Waals surface area contributed by atoms with Gasteiger partial charge in [0.15, 0.2) is 0 Å². The standard InChI is InChI=1S/C11H13N3O/c1-13-11(15)14-10-6-2-4-9(8-10)5-3-7-12/h2,4,6,8H,7,12H2,1H3,(H2,13,14,15). The van der Waals surface area contributed by atoms with Gasteiger partial charge in [-0.3, -0.25) is 0 Å². The van der Waals surface area contributed by atoms with Crippen molar-refractivity contribution in [3.63, 3.8) is 0 Å². The molecule has 0 unspecified atom stereocenters. The Morgan fingerprint density at radius 1 is 1.53 bits per heavy atom. The van der Waals surface area contributed by atoms with Gasteiger partial charge in [0.2, 0.25) is 0 Å². The quantitative estimate of drug-likeness (QED) is 0.589. The molecule has 0 heterocycles. The zero-order valence-electron chi connectivity index (χ0n) is 8.50. The van der Waals surface area contributed by atoms with E-state index in [4.69, 9.17) is 5.73 Å². The van der Waals surface area contributed by atoms with Gasteiger partial charge in [0, 0.05) is 18.3 Å². The average Bonchev–Trinajstić information content (AvgIpc) is 2.26. The smallest absolute Gasteiger partial charge is 0.318 e. The maximum atomic E-state index is 11.0. The summed E-state index contributed by atoms with van der Waals surface area (Å²) in [6.45, 7) is 0.326. The molecule has 0 saturated carbocycles. The molecular formula is C11H13N3O. The third kappa shape index (κ3) is 3.71. The number of hydrogen-bond acceptors (Lipinski definition) is 2. The van der Waals surface area contributed by atoms with Gasteiger partial charge in [0.1, 0.15) is 0 Å². The molecule has 4 N–H and O–H groups in total. The molecule has 1 rings (SSSR count). The number of anilines is 1. The summed E-state index contributed by atoms with van der Waals surface area (Å²) < 4.78 is 0. The van der Waals surface area contributed by atoms with E-state index in [1.54, 1.807) is 19.2 Å². The largest absolute Gasteiger partial charge is 0.341 e. The van der Waals surface area contributed by atoms with Crippen LogP contribution < -0.4 is 16.4 Å². The van der Waals surface area contributed by atoms with Crippen molar-refractivity contribution >= 4 is 11.7 Å². The minimum Gasteiger partial charge on any atom is -0.341 e. The van der Waals surface area contributed by atoms with E-state index < -0.39 is 0 Å². The highest BCUT2D eigenvalue weighted by molar-refractivity contribution is 5.89. The van der Waals surface area contributed by atoms with Crippen molar-refractivity contribution < 1.29 is 4.79 Å². The fourth-order valence-electron chi connectivity index (χ4n) is 1.02. The molecule has 2 amide bonds. The molecule has 0 aliphatic carbocycles. The highest BCUT2D eigenvalue weighted by Gasteiger charge is 1.97. The molecule has 1 aromatic carbocycles. The molecule has 1 aromatic rings. The van der Waals surface area contributed by atoms with E-state index in [0.29, 0.717) is 12.2 Å². The van der Waals surface area contributed by atoms with Crippen molar-refractivity contribution in [1.82, 2.24) is 5.32 Å². The van der Waals surface area contributed by atoms with Crippen LogP contribution in [0.15, 0.2) is 24.3 Å². The minimum atomic E-state index is -0.251. The number of urea groups is 1. The van der Waals surface area contributed by atoms with Gasteiger partial charge in [-0.1, -0.05) is 17.9 Å². The second-order valence-corrected chi connectivity index (χ2v) is 2.79. The summed E-state index contributed by atoms with van der Waals surface area (Å²) in [5.41, 5.74) is 6.80. The summed E-state index contributed by atoms with van der Waals surface area (Å²) in [6.07, 6.45) is 0. The molecule has 0 radical (unpaired) electrons. The normalized spacial score (nSPS) is 8.67. The van der Waals surface area contributed by atoms with E-state index in [-0.39, 0.29) is 6.03 Å². The summed E-state index contributed by atoms with van der Waals surface area (Å²) >= 11 is 0. The van der Waals surface area contributed by atoms with Crippen molar-refractivity contribution in [3.8, 4) is 11.8 Å². The Balaban J connectivity index is 2.78. The first-order chi connectivity index (χ1) is 7.26. The molecule has 0 aromatic heterocycles. The first-order valence-corrected chi connectivity index (χ1v) is 4.54. The van der Waals surface area contributed by atoms with Crippen LogP contribution in [-0.4, -0.2) is 19.6 Å². The Morgan fingerprint density at radius 3 is 3.00 bits per heavy atom. The molecule has 0 aliphatic rings. The zero-order valence-corrected chi connectivity index (χ0v) is 8.50. The molecular weight excluding hydrogens is 190 g/mol. The molecule has 4 heteroatoms. The Morgan fingerprint density at radius 2 is 2.33 bits per heavy atom. The van der Waals surface area contributed by atoms with Gasteiger partial charge < -0.3 is 16.4 Å². The summed E-state index contributed by atoms with van der Waals surface area (Å²) in [5, 5.41) is 5.13. The lowest BCUT2D eigenvalue weighted by Gasteiger charge is -2.03. The van der Waals surface area contributed by atoms with E-state index in [0.717, 1.165) is 5.56 Å². The molecule has 0 saturated heterocycles. The summed E-state index contributed by atoms with van der Waals surface area (Å²) in [4.78, 5) is 11.0. The van der Waals surface area contributed by atoms with Crippen LogP contribution in [0.3, 0.4) is 0 Å². The molecule has 4 nitrogen and oxygen atoms in total. The van der Waals surface area contributed by atoms with E-state index in [1.165, 1.54) is 0 Å². The van der Waals surface area contributed by atoms with Crippen LogP contribution in [0.5, 0.6) is 0 Å². The molecule has 0 bridgehead atoms. The van der Waals surface area contributed by atoms with Gasteiger partial charge in [-0.2, -0.15) is 0 Å². The zero-order chi connectivity index (χ0) is 11.1.